The Bertz CT molecular complexity index is 2400. The number of hydrogen-bond acceptors (Lipinski definition) is 2. The minimum Gasteiger partial charge on any atom is -0.289 e. The van der Waals surface area contributed by atoms with Gasteiger partial charge in [-0.3, -0.25) is 9.59 Å². The zero-order valence-corrected chi connectivity index (χ0v) is 34.8. The van der Waals surface area contributed by atoms with Crippen molar-refractivity contribution in [3.05, 3.63) is 210 Å². The molecule has 0 aromatic heterocycles. The Morgan fingerprint density at radius 3 is 1.07 bits per heavy atom. The summed E-state index contributed by atoms with van der Waals surface area (Å²) in [5, 5.41) is 5.04. The van der Waals surface area contributed by atoms with E-state index in [0.717, 1.165) is 17.9 Å². The molecular weight excluding hydrogens is 923 g/mol. The third-order valence-corrected chi connectivity index (χ3v) is 10.7. The molecule has 0 N–H and O–H groups in total. The predicted octanol–water partition coefficient (Wildman–Crippen LogP) is 12.0. The number of halogens is 4. The van der Waals surface area contributed by atoms with Crippen molar-refractivity contribution in [2.45, 2.75) is 7.43 Å². The first-order valence-corrected chi connectivity index (χ1v) is 19.5. The Kier molecular flexibility index (Phi) is 14.3. The molecule has 7 heteroatoms. The molecule has 0 aliphatic heterocycles. The first-order valence-electron chi connectivity index (χ1n) is 16.3. The molecule has 0 fully saturated rings. The van der Waals surface area contributed by atoms with Crippen LogP contribution in [0.15, 0.2) is 182 Å². The molecular formula is C47H31Br4LiO2. The normalized spacial score (nSPS) is 11.1. The zero-order valence-electron chi connectivity index (χ0n) is 28.4. The van der Waals surface area contributed by atoms with Gasteiger partial charge >= 0.3 is 18.9 Å². The van der Waals surface area contributed by atoms with Crippen LogP contribution in [0.1, 0.15) is 39.3 Å². The predicted molar refractivity (Wildman–Crippen MR) is 235 cm³/mol. The van der Waals surface area contributed by atoms with Crippen molar-refractivity contribution < 1.29 is 28.4 Å². The Morgan fingerprint density at radius 1 is 0.370 bits per heavy atom. The quantitative estimate of drug-likeness (QED) is 0.0983. The van der Waals surface area contributed by atoms with Gasteiger partial charge in [-0.15, -0.1) is 0 Å². The van der Waals surface area contributed by atoms with Gasteiger partial charge in [-0.05, 0) is 104 Å². The smallest absolute Gasteiger partial charge is 0.289 e. The fourth-order valence-electron chi connectivity index (χ4n) is 6.44. The first kappa shape index (κ1) is 41.3. The molecule has 54 heavy (non-hydrogen) atoms. The maximum atomic E-state index is 12.3. The van der Waals surface area contributed by atoms with Crippen LogP contribution in [0.25, 0.3) is 43.8 Å². The van der Waals surface area contributed by atoms with Gasteiger partial charge in [0.15, 0.2) is 11.6 Å². The van der Waals surface area contributed by atoms with Crippen LogP contribution in [0.2, 0.25) is 0 Å². The molecule has 0 unspecified atom stereocenters. The maximum Gasteiger partial charge on any atom is 1.00 e. The SMILES string of the molecule is Brc1ccc2c(-c3ccccc3)c3cc(Br)ccc3c(-c3ccccc3)c2c1.C.O=C1c2ccc(Br)cc2C(=O)c2ccc(Br)cc21.[Li+].[c-]1ccccc1. The van der Waals surface area contributed by atoms with Crippen molar-refractivity contribution in [1.82, 2.24) is 0 Å². The third kappa shape index (κ3) is 8.82. The molecule has 8 aromatic carbocycles. The zero-order chi connectivity index (χ0) is 36.2. The van der Waals surface area contributed by atoms with Crippen LogP contribution in [0.4, 0.5) is 0 Å². The standard InChI is InChI=1S/C26H16Br2.C14H6Br2O2.C6H5.CH4.Li/c27-19-12-14-22-23(15-19)25(17-7-3-1-4-8-17)21-13-11-20(28)16-24(21)26(22)18-9-5-2-6-10-18;15-7-1-3-9-11(5-7)14(18)10-4-2-8(16)6-12(10)13(9)17;1-2-4-6-5-3-1;;/h1-16H;1-6H;1-5H;1H4;/q;;-1;;+1. The van der Waals surface area contributed by atoms with E-state index in [9.17, 15) is 9.59 Å². The van der Waals surface area contributed by atoms with Gasteiger partial charge < -0.3 is 0 Å². The molecule has 9 rings (SSSR count). The molecule has 0 spiro atoms. The molecule has 260 valence electrons. The Morgan fingerprint density at radius 2 is 0.722 bits per heavy atom. The molecule has 1 aliphatic carbocycles. The van der Waals surface area contributed by atoms with Crippen LogP contribution in [-0.4, -0.2) is 11.6 Å². The molecule has 0 heterocycles. The first-order chi connectivity index (χ1) is 25.3. The van der Waals surface area contributed by atoms with Gasteiger partial charge in [0.05, 0.1) is 0 Å². The number of rotatable bonds is 2. The van der Waals surface area contributed by atoms with Gasteiger partial charge in [0.1, 0.15) is 0 Å². The second kappa shape index (κ2) is 18.6. The van der Waals surface area contributed by atoms with Gasteiger partial charge in [-0.1, -0.05) is 144 Å². The number of fused-ring (bicyclic) bond motifs is 4. The van der Waals surface area contributed by atoms with Crippen LogP contribution in [0, 0.1) is 6.07 Å². The van der Waals surface area contributed by atoms with Crippen molar-refractivity contribution in [1.29, 1.82) is 0 Å². The van der Waals surface area contributed by atoms with Crippen LogP contribution in [-0.2, 0) is 0 Å². The molecule has 0 amide bonds. The molecule has 2 nitrogen and oxygen atoms in total. The van der Waals surface area contributed by atoms with E-state index in [-0.39, 0.29) is 37.9 Å². The fourth-order valence-corrected chi connectivity index (χ4v) is 7.89. The summed E-state index contributed by atoms with van der Waals surface area (Å²) >= 11 is 14.0. The van der Waals surface area contributed by atoms with Crippen LogP contribution < -0.4 is 18.9 Å². The summed E-state index contributed by atoms with van der Waals surface area (Å²) in [6.45, 7) is 0. The molecule has 0 saturated heterocycles. The van der Waals surface area contributed by atoms with Crippen molar-refractivity contribution >= 4 is 96.8 Å². The summed E-state index contributed by atoms with van der Waals surface area (Å²) in [6.07, 6.45) is 0. The van der Waals surface area contributed by atoms with Gasteiger partial charge in [0, 0.05) is 40.1 Å². The Labute approximate surface area is 361 Å². The molecule has 0 bridgehead atoms. The number of carbonyl (C=O) groups is 2. The van der Waals surface area contributed by atoms with Crippen LogP contribution in [0.3, 0.4) is 0 Å². The van der Waals surface area contributed by atoms with E-state index in [1.807, 2.05) is 30.3 Å². The van der Waals surface area contributed by atoms with Crippen molar-refractivity contribution in [3.63, 3.8) is 0 Å². The van der Waals surface area contributed by atoms with Gasteiger partial charge in [0.2, 0.25) is 0 Å². The van der Waals surface area contributed by atoms with Gasteiger partial charge in [0.25, 0.3) is 0 Å². The second-order valence-electron chi connectivity index (χ2n) is 12.0. The summed E-state index contributed by atoms with van der Waals surface area (Å²) in [5.41, 5.74) is 6.88. The molecule has 1 aliphatic rings. The fraction of sp³-hybridized carbons (Fsp3) is 0.0213. The van der Waals surface area contributed by atoms with E-state index in [1.165, 1.54) is 43.8 Å². The summed E-state index contributed by atoms with van der Waals surface area (Å²) in [5.74, 6) is -0.207. The summed E-state index contributed by atoms with van der Waals surface area (Å²) in [7, 11) is 0. The Balaban J connectivity index is 0.000000185. The Hall–Kier alpha value is -3.86. The minimum atomic E-state index is -0.103. The van der Waals surface area contributed by atoms with E-state index in [1.54, 1.807) is 36.4 Å². The molecule has 0 atom stereocenters. The van der Waals surface area contributed by atoms with E-state index >= 15 is 0 Å². The van der Waals surface area contributed by atoms with Gasteiger partial charge in [-0.2, -0.15) is 36.4 Å². The maximum absolute atomic E-state index is 12.3. The number of hydrogen-bond donors (Lipinski definition) is 0. The monoisotopic (exact) mass is 950 g/mol. The van der Waals surface area contributed by atoms with Crippen molar-refractivity contribution in [2.75, 3.05) is 0 Å². The summed E-state index contributed by atoms with van der Waals surface area (Å²) in [4.78, 5) is 24.7. The van der Waals surface area contributed by atoms with E-state index in [4.69, 9.17) is 0 Å². The average Bonchev–Trinajstić information content (AvgIpc) is 3.18. The molecule has 0 saturated carbocycles. The van der Waals surface area contributed by atoms with Crippen LogP contribution in [0.5, 0.6) is 0 Å². The van der Waals surface area contributed by atoms with E-state index in [0.29, 0.717) is 22.3 Å². The van der Waals surface area contributed by atoms with Gasteiger partial charge in [-0.25, -0.2) is 0 Å². The average molecular weight is 954 g/mol. The number of ketones is 2. The largest absolute Gasteiger partial charge is 1.00 e. The van der Waals surface area contributed by atoms with Crippen molar-refractivity contribution in [2.24, 2.45) is 0 Å². The van der Waals surface area contributed by atoms with Crippen LogP contribution >= 0.6 is 63.7 Å². The number of benzene rings is 8. The topological polar surface area (TPSA) is 34.1 Å². The van der Waals surface area contributed by atoms with E-state index in [2.05, 4.69) is 167 Å². The third-order valence-electron chi connectivity index (χ3n) is 8.71. The minimum absolute atomic E-state index is 0. The van der Waals surface area contributed by atoms with E-state index < -0.39 is 0 Å². The number of carbonyl (C=O) groups excluding carboxylic acids is 2. The molecule has 8 aromatic rings. The summed E-state index contributed by atoms with van der Waals surface area (Å²) in [6, 6.07) is 57.3. The molecule has 0 radical (unpaired) electrons. The second-order valence-corrected chi connectivity index (χ2v) is 15.6. The van der Waals surface area contributed by atoms with Crippen molar-refractivity contribution in [3.8, 4) is 22.3 Å². The summed E-state index contributed by atoms with van der Waals surface area (Å²) < 4.78 is 3.77.